The molecule has 8 nitrogen and oxygen atoms in total. The summed E-state index contributed by atoms with van der Waals surface area (Å²) in [5.41, 5.74) is -0.547. The van der Waals surface area contributed by atoms with Crippen LogP contribution in [0.1, 0.15) is 23.3 Å². The number of carbonyl (C=O) groups excluding carboxylic acids is 1. The zero-order chi connectivity index (χ0) is 14.3. The molecule has 21 heavy (non-hydrogen) atoms. The van der Waals surface area contributed by atoms with Crippen LogP contribution in [0.3, 0.4) is 0 Å². The van der Waals surface area contributed by atoms with Gasteiger partial charge in [0.25, 0.3) is 0 Å². The van der Waals surface area contributed by atoms with Crippen molar-refractivity contribution in [1.29, 1.82) is 0 Å². The van der Waals surface area contributed by atoms with Gasteiger partial charge in [-0.15, -0.1) is 11.5 Å². The molecule has 2 aromatic rings. The minimum atomic E-state index is -1.06. The molecule has 2 unspecified atom stereocenters. The van der Waals surface area contributed by atoms with Crippen LogP contribution in [0, 0.1) is 6.42 Å². The standard InChI is InChI=1S/C11H11FN5O3.Y/c1-16-11(19)17-5-13-8(9(17)14-15-16)10(18)20-7-3-2-6(12)4-7;/h2,5-7H,3-4H2,1H3;/q-1;. The van der Waals surface area contributed by atoms with Crippen molar-refractivity contribution in [3.05, 3.63) is 28.9 Å². The van der Waals surface area contributed by atoms with Gasteiger partial charge in [-0.2, -0.15) is 4.68 Å². The number of hydrogen-bond donors (Lipinski definition) is 0. The van der Waals surface area contributed by atoms with Crippen LogP contribution in [0.4, 0.5) is 4.39 Å². The Hall–Kier alpha value is -1.22. The van der Waals surface area contributed by atoms with Crippen LogP contribution in [-0.4, -0.2) is 42.6 Å². The van der Waals surface area contributed by atoms with Gasteiger partial charge in [-0.1, -0.05) is 5.21 Å². The first kappa shape index (κ1) is 16.2. The van der Waals surface area contributed by atoms with Crippen LogP contribution in [0.15, 0.2) is 11.1 Å². The summed E-state index contributed by atoms with van der Waals surface area (Å²) < 4.78 is 20.2. The second-order valence-corrected chi connectivity index (χ2v) is 4.53. The van der Waals surface area contributed by atoms with Crippen molar-refractivity contribution >= 4 is 11.6 Å². The van der Waals surface area contributed by atoms with E-state index in [2.05, 4.69) is 15.3 Å². The van der Waals surface area contributed by atoms with Gasteiger partial charge in [-0.25, -0.2) is 19.0 Å². The molecule has 2 atom stereocenters. The maximum atomic E-state index is 13.0. The van der Waals surface area contributed by atoms with Crippen molar-refractivity contribution in [3.63, 3.8) is 0 Å². The molecule has 0 aliphatic heterocycles. The van der Waals surface area contributed by atoms with E-state index < -0.39 is 23.9 Å². The molecule has 1 aliphatic rings. The third-order valence-electron chi connectivity index (χ3n) is 3.11. The van der Waals surface area contributed by atoms with Crippen molar-refractivity contribution in [2.45, 2.75) is 25.1 Å². The molecule has 1 radical (unpaired) electrons. The molecule has 0 bridgehead atoms. The van der Waals surface area contributed by atoms with Crippen LogP contribution in [-0.2, 0) is 44.5 Å². The number of ether oxygens (including phenoxy) is 1. The number of aromatic nitrogens is 5. The first-order chi connectivity index (χ1) is 9.56. The smallest absolute Gasteiger partial charge is 0.361 e. The molecular formula is C11H11FN5O3Y-. The summed E-state index contributed by atoms with van der Waals surface area (Å²) in [6.45, 7) is 0. The summed E-state index contributed by atoms with van der Waals surface area (Å²) >= 11 is 0. The molecule has 10 heteroatoms. The summed E-state index contributed by atoms with van der Waals surface area (Å²) in [6.07, 6.45) is 1.59. The Bertz CT molecular complexity index is 730. The molecule has 3 rings (SSSR count). The van der Waals surface area contributed by atoms with Crippen molar-refractivity contribution < 1.29 is 46.6 Å². The van der Waals surface area contributed by atoms with Gasteiger partial charge in [0.2, 0.25) is 0 Å². The molecule has 1 aliphatic carbocycles. The molecule has 0 saturated heterocycles. The Labute approximate surface area is 143 Å². The van der Waals surface area contributed by atoms with E-state index in [1.54, 1.807) is 0 Å². The first-order valence-corrected chi connectivity index (χ1v) is 6.01. The normalized spacial score (nSPS) is 21.2. The molecule has 1 saturated carbocycles. The van der Waals surface area contributed by atoms with Gasteiger partial charge >= 0.3 is 11.7 Å². The van der Waals surface area contributed by atoms with Gasteiger partial charge in [-0.05, 0) is 12.6 Å². The summed E-state index contributed by atoms with van der Waals surface area (Å²) in [5.74, 6) is -0.734. The van der Waals surface area contributed by atoms with E-state index in [-0.39, 0.29) is 50.5 Å². The first-order valence-electron chi connectivity index (χ1n) is 6.01. The van der Waals surface area contributed by atoms with Crippen LogP contribution in [0.25, 0.3) is 5.65 Å². The summed E-state index contributed by atoms with van der Waals surface area (Å²) in [7, 11) is 1.43. The summed E-state index contributed by atoms with van der Waals surface area (Å²) in [6, 6.07) is 0. The van der Waals surface area contributed by atoms with Crippen molar-refractivity contribution in [2.24, 2.45) is 7.05 Å². The second-order valence-electron chi connectivity index (χ2n) is 4.53. The van der Waals surface area contributed by atoms with Crippen LogP contribution in [0.5, 0.6) is 0 Å². The fraction of sp³-hybridized carbons (Fsp3) is 0.455. The van der Waals surface area contributed by atoms with Crippen LogP contribution in [0.2, 0.25) is 0 Å². The number of carbonyl (C=O) groups is 1. The zero-order valence-corrected chi connectivity index (χ0v) is 14.0. The quantitative estimate of drug-likeness (QED) is 0.533. The number of aryl methyl sites for hydroxylation is 1. The number of alkyl halides is 1. The molecule has 1 fully saturated rings. The number of fused-ring (bicyclic) bond motifs is 1. The van der Waals surface area contributed by atoms with Crippen molar-refractivity contribution in [3.8, 4) is 0 Å². The average molecular weight is 369 g/mol. The number of rotatable bonds is 2. The molecule has 0 spiro atoms. The average Bonchev–Trinajstić information content (AvgIpc) is 3.00. The van der Waals surface area contributed by atoms with Gasteiger partial charge in [0, 0.05) is 39.8 Å². The molecule has 0 aromatic carbocycles. The number of nitrogens with zero attached hydrogens (tertiary/aromatic N) is 5. The second kappa shape index (κ2) is 6.27. The third kappa shape index (κ3) is 3.03. The number of hydrogen-bond acceptors (Lipinski definition) is 6. The molecule has 109 valence electrons. The summed E-state index contributed by atoms with van der Waals surface area (Å²) in [4.78, 5) is 27.5. The Balaban J connectivity index is 0.00000161. The monoisotopic (exact) mass is 369 g/mol. The Morgan fingerprint density at radius 3 is 3.00 bits per heavy atom. The molecule has 0 N–H and O–H groups in total. The Morgan fingerprint density at radius 1 is 1.57 bits per heavy atom. The van der Waals surface area contributed by atoms with E-state index in [9.17, 15) is 14.0 Å². The Kier molecular flexibility index (Phi) is 4.82. The topological polar surface area (TPSA) is 91.4 Å². The van der Waals surface area contributed by atoms with Gasteiger partial charge < -0.3 is 4.74 Å². The van der Waals surface area contributed by atoms with Crippen LogP contribution < -0.4 is 5.69 Å². The predicted molar refractivity (Wildman–Crippen MR) is 63.7 cm³/mol. The van der Waals surface area contributed by atoms with E-state index in [0.29, 0.717) is 6.42 Å². The van der Waals surface area contributed by atoms with E-state index in [1.165, 1.54) is 19.8 Å². The summed E-state index contributed by atoms with van der Waals surface area (Å²) in [5, 5.41) is 7.33. The van der Waals surface area contributed by atoms with E-state index in [0.717, 1.165) is 9.08 Å². The minimum Gasteiger partial charge on any atom is -0.460 e. The number of imidazole rings is 1. The maximum Gasteiger partial charge on any atom is 0.361 e. The molecule has 2 heterocycles. The molecular weight excluding hydrogens is 358 g/mol. The maximum absolute atomic E-state index is 13.0. The SMILES string of the molecule is Cn1nnc2c(C(=O)OC3C[CH-]C(F)C3)ncn2c1=O.[Y]. The van der Waals surface area contributed by atoms with Gasteiger partial charge in [0.05, 0.1) is 6.10 Å². The van der Waals surface area contributed by atoms with E-state index >= 15 is 0 Å². The van der Waals surface area contributed by atoms with Gasteiger partial charge in [0.1, 0.15) is 6.33 Å². The number of halogens is 1. The van der Waals surface area contributed by atoms with Gasteiger partial charge in [0.15, 0.2) is 11.3 Å². The van der Waals surface area contributed by atoms with Crippen molar-refractivity contribution in [2.75, 3.05) is 0 Å². The van der Waals surface area contributed by atoms with E-state index in [1.807, 2.05) is 0 Å². The third-order valence-corrected chi connectivity index (χ3v) is 3.11. The number of esters is 1. The molecule has 0 amide bonds. The molecule has 2 aromatic heterocycles. The van der Waals surface area contributed by atoms with Gasteiger partial charge in [-0.3, -0.25) is 10.8 Å². The fourth-order valence-corrected chi connectivity index (χ4v) is 2.07. The largest absolute Gasteiger partial charge is 0.460 e. The fourth-order valence-electron chi connectivity index (χ4n) is 2.07. The zero-order valence-electron chi connectivity index (χ0n) is 11.1. The van der Waals surface area contributed by atoms with E-state index in [4.69, 9.17) is 4.74 Å². The van der Waals surface area contributed by atoms with Crippen molar-refractivity contribution in [1.82, 2.24) is 24.4 Å². The Morgan fingerprint density at radius 2 is 2.33 bits per heavy atom. The van der Waals surface area contributed by atoms with Crippen LogP contribution >= 0.6 is 0 Å². The predicted octanol–water partition coefficient (Wildman–Crippen LogP) is -0.318. The minimum absolute atomic E-state index is 0.